The molecule has 0 aliphatic rings. The van der Waals surface area contributed by atoms with Gasteiger partial charge in [-0.05, 0) is 49.8 Å². The van der Waals surface area contributed by atoms with Gasteiger partial charge in [-0.1, -0.05) is 29.8 Å². The standard InChI is InChI=1S/C18H20FN3O2S/c1-13-8-10-14(11-9-13)24-12-4-7-17(23)21-22-18(25)20-16-6-3-2-5-15(16)19/h2-3,5-6,8-11H,4,7,12H2,1H3,(H,21,23)(H2,20,22,25). The molecule has 0 aliphatic carbocycles. The van der Waals surface area contributed by atoms with Gasteiger partial charge in [-0.3, -0.25) is 15.6 Å². The molecule has 0 spiro atoms. The molecule has 0 fully saturated rings. The number of amides is 1. The molecule has 0 saturated heterocycles. The maximum absolute atomic E-state index is 13.5. The molecule has 2 aromatic rings. The van der Waals surface area contributed by atoms with Gasteiger partial charge < -0.3 is 10.1 Å². The molecule has 0 radical (unpaired) electrons. The van der Waals surface area contributed by atoms with Crippen LogP contribution in [0.25, 0.3) is 0 Å². The average molecular weight is 361 g/mol. The highest BCUT2D eigenvalue weighted by Crippen LogP contribution is 2.12. The van der Waals surface area contributed by atoms with E-state index in [4.69, 9.17) is 17.0 Å². The van der Waals surface area contributed by atoms with Crippen LogP contribution in [-0.2, 0) is 4.79 Å². The number of hydrogen-bond acceptors (Lipinski definition) is 3. The molecule has 132 valence electrons. The van der Waals surface area contributed by atoms with E-state index in [1.165, 1.54) is 6.07 Å². The number of aryl methyl sites for hydroxylation is 1. The van der Waals surface area contributed by atoms with Gasteiger partial charge in [-0.15, -0.1) is 0 Å². The smallest absolute Gasteiger partial charge is 0.238 e. The van der Waals surface area contributed by atoms with Crippen LogP contribution in [0.15, 0.2) is 48.5 Å². The molecule has 0 bridgehead atoms. The van der Waals surface area contributed by atoms with E-state index >= 15 is 0 Å². The number of halogens is 1. The average Bonchev–Trinajstić information content (AvgIpc) is 2.60. The number of hydrazine groups is 1. The summed E-state index contributed by atoms with van der Waals surface area (Å²) in [5, 5.41) is 2.77. The number of para-hydroxylation sites is 1. The minimum absolute atomic E-state index is 0.106. The number of hydrogen-bond donors (Lipinski definition) is 3. The Bertz CT molecular complexity index is 723. The topological polar surface area (TPSA) is 62.4 Å². The van der Waals surface area contributed by atoms with E-state index in [-0.39, 0.29) is 23.1 Å². The second kappa shape index (κ2) is 9.58. The van der Waals surface area contributed by atoms with Gasteiger partial charge in [0.05, 0.1) is 12.3 Å². The summed E-state index contributed by atoms with van der Waals surface area (Å²) in [6, 6.07) is 13.8. The monoisotopic (exact) mass is 361 g/mol. The van der Waals surface area contributed by atoms with Crippen molar-refractivity contribution in [3.05, 3.63) is 59.9 Å². The number of carbonyl (C=O) groups excluding carboxylic acids is 1. The molecule has 0 saturated carbocycles. The summed E-state index contributed by atoms with van der Waals surface area (Å²) in [6.45, 7) is 2.45. The quantitative estimate of drug-likeness (QED) is 0.419. The van der Waals surface area contributed by atoms with Crippen LogP contribution in [0, 0.1) is 12.7 Å². The summed E-state index contributed by atoms with van der Waals surface area (Å²) in [5.41, 5.74) is 6.40. The Hall–Kier alpha value is -2.67. The van der Waals surface area contributed by atoms with Crippen molar-refractivity contribution in [2.24, 2.45) is 0 Å². The lowest BCUT2D eigenvalue weighted by Crippen LogP contribution is -2.43. The normalized spacial score (nSPS) is 10.0. The summed E-state index contributed by atoms with van der Waals surface area (Å²) in [7, 11) is 0. The van der Waals surface area contributed by atoms with Crippen molar-refractivity contribution >= 4 is 28.9 Å². The van der Waals surface area contributed by atoms with Crippen molar-refractivity contribution in [3.8, 4) is 5.75 Å². The van der Waals surface area contributed by atoms with Crippen LogP contribution in [0.5, 0.6) is 5.75 Å². The third-order valence-corrected chi connectivity index (χ3v) is 3.48. The van der Waals surface area contributed by atoms with Crippen molar-refractivity contribution < 1.29 is 13.9 Å². The zero-order valence-corrected chi connectivity index (χ0v) is 14.7. The Kier molecular flexibility index (Phi) is 7.16. The van der Waals surface area contributed by atoms with E-state index in [1.54, 1.807) is 18.2 Å². The highest BCUT2D eigenvalue weighted by Gasteiger charge is 2.05. The first kappa shape index (κ1) is 18.7. The molecule has 0 atom stereocenters. The lowest BCUT2D eigenvalue weighted by Gasteiger charge is -2.12. The van der Waals surface area contributed by atoms with Gasteiger partial charge in [-0.25, -0.2) is 4.39 Å². The number of benzene rings is 2. The minimum atomic E-state index is -0.425. The second-order valence-electron chi connectivity index (χ2n) is 5.37. The fraction of sp³-hybridized carbons (Fsp3) is 0.222. The van der Waals surface area contributed by atoms with Crippen LogP contribution < -0.4 is 20.9 Å². The van der Waals surface area contributed by atoms with Crippen molar-refractivity contribution in [3.63, 3.8) is 0 Å². The predicted molar refractivity (Wildman–Crippen MR) is 99.8 cm³/mol. The summed E-state index contributed by atoms with van der Waals surface area (Å²) < 4.78 is 19.0. The van der Waals surface area contributed by atoms with Gasteiger partial charge in [0.1, 0.15) is 11.6 Å². The molecular weight excluding hydrogens is 341 g/mol. The fourth-order valence-corrected chi connectivity index (χ4v) is 2.12. The van der Waals surface area contributed by atoms with Gasteiger partial charge in [0.15, 0.2) is 5.11 Å². The van der Waals surface area contributed by atoms with E-state index < -0.39 is 5.82 Å². The van der Waals surface area contributed by atoms with Crippen molar-refractivity contribution in [2.75, 3.05) is 11.9 Å². The first-order valence-electron chi connectivity index (χ1n) is 7.84. The number of ether oxygens (including phenoxy) is 1. The summed E-state index contributed by atoms with van der Waals surface area (Å²) in [6.07, 6.45) is 0.843. The third-order valence-electron chi connectivity index (χ3n) is 3.28. The SMILES string of the molecule is Cc1ccc(OCCCC(=O)NNC(=S)Nc2ccccc2F)cc1. The molecule has 0 unspecified atom stereocenters. The van der Waals surface area contributed by atoms with E-state index in [1.807, 2.05) is 31.2 Å². The first-order chi connectivity index (χ1) is 12.0. The molecular formula is C18H20FN3O2S. The predicted octanol–water partition coefficient (Wildman–Crippen LogP) is 3.31. The molecule has 7 heteroatoms. The number of thiocarbonyl (C=S) groups is 1. The Balaban J connectivity index is 1.61. The Morgan fingerprint density at radius 2 is 1.84 bits per heavy atom. The molecule has 3 N–H and O–H groups in total. The maximum Gasteiger partial charge on any atom is 0.238 e. The number of rotatable bonds is 6. The van der Waals surface area contributed by atoms with E-state index in [0.717, 1.165) is 11.3 Å². The van der Waals surface area contributed by atoms with Crippen LogP contribution in [0.3, 0.4) is 0 Å². The molecule has 2 rings (SSSR count). The van der Waals surface area contributed by atoms with Crippen molar-refractivity contribution in [1.82, 2.24) is 10.9 Å². The summed E-state index contributed by atoms with van der Waals surface area (Å²) in [5.74, 6) is 0.121. The van der Waals surface area contributed by atoms with Crippen LogP contribution >= 0.6 is 12.2 Å². The van der Waals surface area contributed by atoms with E-state index in [9.17, 15) is 9.18 Å². The van der Waals surface area contributed by atoms with Crippen LogP contribution in [0.1, 0.15) is 18.4 Å². The lowest BCUT2D eigenvalue weighted by molar-refractivity contribution is -0.121. The van der Waals surface area contributed by atoms with Gasteiger partial charge in [-0.2, -0.15) is 0 Å². The third kappa shape index (κ3) is 6.76. The summed E-state index contributed by atoms with van der Waals surface area (Å²) >= 11 is 5.00. The molecule has 25 heavy (non-hydrogen) atoms. The summed E-state index contributed by atoms with van der Waals surface area (Å²) in [4.78, 5) is 11.7. The largest absolute Gasteiger partial charge is 0.494 e. The number of anilines is 1. The highest BCUT2D eigenvalue weighted by atomic mass is 32.1. The zero-order valence-electron chi connectivity index (χ0n) is 13.8. The van der Waals surface area contributed by atoms with Crippen LogP contribution in [0.2, 0.25) is 0 Å². The minimum Gasteiger partial charge on any atom is -0.494 e. The van der Waals surface area contributed by atoms with Gasteiger partial charge in [0, 0.05) is 6.42 Å². The van der Waals surface area contributed by atoms with Crippen molar-refractivity contribution in [1.29, 1.82) is 0 Å². The molecule has 0 heterocycles. The first-order valence-corrected chi connectivity index (χ1v) is 8.25. The molecule has 0 aliphatic heterocycles. The van der Waals surface area contributed by atoms with E-state index in [2.05, 4.69) is 16.2 Å². The molecule has 1 amide bonds. The second-order valence-corrected chi connectivity index (χ2v) is 5.78. The number of nitrogens with one attached hydrogen (secondary N) is 3. The number of carbonyl (C=O) groups is 1. The Morgan fingerprint density at radius 1 is 1.12 bits per heavy atom. The van der Waals surface area contributed by atoms with Crippen LogP contribution in [0.4, 0.5) is 10.1 Å². The Labute approximate surface area is 151 Å². The molecule has 5 nitrogen and oxygen atoms in total. The maximum atomic E-state index is 13.5. The molecule has 2 aromatic carbocycles. The van der Waals surface area contributed by atoms with Gasteiger partial charge >= 0.3 is 0 Å². The zero-order chi connectivity index (χ0) is 18.1. The highest BCUT2D eigenvalue weighted by molar-refractivity contribution is 7.80. The van der Waals surface area contributed by atoms with E-state index in [0.29, 0.717) is 13.0 Å². The van der Waals surface area contributed by atoms with Gasteiger partial charge in [0.2, 0.25) is 5.91 Å². The van der Waals surface area contributed by atoms with Crippen LogP contribution in [-0.4, -0.2) is 17.6 Å². The fourth-order valence-electron chi connectivity index (χ4n) is 1.96. The van der Waals surface area contributed by atoms with Crippen molar-refractivity contribution in [2.45, 2.75) is 19.8 Å². The molecule has 0 aromatic heterocycles. The van der Waals surface area contributed by atoms with Gasteiger partial charge in [0.25, 0.3) is 0 Å². The lowest BCUT2D eigenvalue weighted by atomic mass is 10.2. The Morgan fingerprint density at radius 3 is 2.56 bits per heavy atom.